The van der Waals surface area contributed by atoms with Crippen LogP contribution in [0.25, 0.3) is 0 Å². The zero-order chi connectivity index (χ0) is 23.8. The molecular formula is C25H37N3O4S. The van der Waals surface area contributed by atoms with E-state index in [0.717, 1.165) is 56.9 Å². The molecule has 0 spiro atoms. The molecule has 0 aliphatic heterocycles. The van der Waals surface area contributed by atoms with Crippen molar-refractivity contribution in [2.45, 2.75) is 89.8 Å². The maximum absolute atomic E-state index is 13.2. The average molecular weight is 476 g/mol. The number of nitrogens with zero attached hydrogens (tertiary/aromatic N) is 1. The molecule has 2 fully saturated rings. The Labute approximate surface area is 199 Å². The van der Waals surface area contributed by atoms with Gasteiger partial charge < -0.3 is 15.5 Å². The first-order valence-electron chi connectivity index (χ1n) is 12.2. The number of anilines is 1. The highest BCUT2D eigenvalue weighted by Crippen LogP contribution is 2.26. The van der Waals surface area contributed by atoms with Gasteiger partial charge >= 0.3 is 0 Å². The van der Waals surface area contributed by atoms with Crippen molar-refractivity contribution < 1.29 is 18.6 Å². The highest BCUT2D eigenvalue weighted by Gasteiger charge is 2.35. The van der Waals surface area contributed by atoms with Gasteiger partial charge in [0.15, 0.2) is 0 Å². The smallest absolute Gasteiger partial charge is 0.242 e. The van der Waals surface area contributed by atoms with E-state index in [1.807, 2.05) is 19.1 Å². The molecule has 2 N–H and O–H groups in total. The topological polar surface area (TPSA) is 95.6 Å². The lowest BCUT2D eigenvalue weighted by Gasteiger charge is -2.35. The minimum absolute atomic E-state index is 0.0111. The SMILES string of the molecule is Cc1ccc(NC(=O)C[S@@](=O)CC(=O)N(C2CCCC2)[C@H](C)C(=O)NC2CCCCC2)cc1. The van der Waals surface area contributed by atoms with Gasteiger partial charge in [-0.1, -0.05) is 49.8 Å². The van der Waals surface area contributed by atoms with Crippen LogP contribution in [0, 0.1) is 6.92 Å². The molecule has 1 aromatic carbocycles. The third-order valence-electron chi connectivity index (χ3n) is 6.67. The largest absolute Gasteiger partial charge is 0.352 e. The number of carbonyl (C=O) groups excluding carboxylic acids is 3. The highest BCUT2D eigenvalue weighted by atomic mass is 32.2. The lowest BCUT2D eigenvalue weighted by Crippen LogP contribution is -2.54. The quantitative estimate of drug-likeness (QED) is 0.573. The van der Waals surface area contributed by atoms with Gasteiger partial charge in [0.25, 0.3) is 0 Å². The Morgan fingerprint density at radius 3 is 2.21 bits per heavy atom. The Morgan fingerprint density at radius 1 is 0.970 bits per heavy atom. The van der Waals surface area contributed by atoms with E-state index in [-0.39, 0.29) is 41.3 Å². The third kappa shape index (κ3) is 7.66. The number of rotatable bonds is 9. The van der Waals surface area contributed by atoms with Crippen molar-refractivity contribution in [3.8, 4) is 0 Å². The van der Waals surface area contributed by atoms with Crippen molar-refractivity contribution in [2.24, 2.45) is 0 Å². The molecule has 3 rings (SSSR count). The highest BCUT2D eigenvalue weighted by molar-refractivity contribution is 7.86. The van der Waals surface area contributed by atoms with Crippen LogP contribution in [0.4, 0.5) is 5.69 Å². The Morgan fingerprint density at radius 2 is 1.58 bits per heavy atom. The molecule has 182 valence electrons. The van der Waals surface area contributed by atoms with Gasteiger partial charge in [0, 0.05) is 28.6 Å². The van der Waals surface area contributed by atoms with Crippen LogP contribution < -0.4 is 10.6 Å². The monoisotopic (exact) mass is 475 g/mol. The lowest BCUT2D eigenvalue weighted by atomic mass is 9.95. The Hall–Kier alpha value is -2.22. The normalized spacial score (nSPS) is 19.0. The predicted molar refractivity (Wildman–Crippen MR) is 131 cm³/mol. The fourth-order valence-electron chi connectivity index (χ4n) is 4.86. The summed E-state index contributed by atoms with van der Waals surface area (Å²) in [6.07, 6.45) is 9.16. The van der Waals surface area contributed by atoms with Gasteiger partial charge in [-0.3, -0.25) is 18.6 Å². The summed E-state index contributed by atoms with van der Waals surface area (Å²) in [5.41, 5.74) is 1.71. The van der Waals surface area contributed by atoms with Crippen molar-refractivity contribution in [1.29, 1.82) is 0 Å². The first kappa shape index (κ1) is 25.4. The number of nitrogens with one attached hydrogen (secondary N) is 2. The van der Waals surface area contributed by atoms with Gasteiger partial charge in [0.2, 0.25) is 17.7 Å². The van der Waals surface area contributed by atoms with Gasteiger partial charge in [0.05, 0.1) is 0 Å². The van der Waals surface area contributed by atoms with Gasteiger partial charge in [0.1, 0.15) is 17.5 Å². The minimum atomic E-state index is -1.65. The van der Waals surface area contributed by atoms with Crippen LogP contribution in [0.1, 0.15) is 70.3 Å². The second-order valence-electron chi connectivity index (χ2n) is 9.40. The molecule has 0 heterocycles. The molecular weight excluding hydrogens is 438 g/mol. The zero-order valence-corrected chi connectivity index (χ0v) is 20.6. The molecule has 7 nitrogen and oxygen atoms in total. The predicted octanol–water partition coefficient (Wildman–Crippen LogP) is 3.29. The molecule has 0 saturated heterocycles. The van der Waals surface area contributed by atoms with Crippen LogP contribution in [-0.2, 0) is 25.2 Å². The summed E-state index contributed by atoms with van der Waals surface area (Å²) in [4.78, 5) is 40.1. The number of hydrogen-bond acceptors (Lipinski definition) is 4. The van der Waals surface area contributed by atoms with Crippen LogP contribution in [0.5, 0.6) is 0 Å². The average Bonchev–Trinajstić information content (AvgIpc) is 3.30. The maximum atomic E-state index is 13.2. The summed E-state index contributed by atoms with van der Waals surface area (Å²) in [7, 11) is -1.65. The van der Waals surface area contributed by atoms with E-state index < -0.39 is 16.8 Å². The Bertz CT molecular complexity index is 846. The lowest BCUT2D eigenvalue weighted by molar-refractivity contribution is -0.140. The van der Waals surface area contributed by atoms with Gasteiger partial charge in [-0.05, 0) is 51.7 Å². The van der Waals surface area contributed by atoms with Crippen molar-refractivity contribution in [3.63, 3.8) is 0 Å². The van der Waals surface area contributed by atoms with E-state index in [4.69, 9.17) is 0 Å². The molecule has 8 heteroatoms. The van der Waals surface area contributed by atoms with Gasteiger partial charge in [-0.15, -0.1) is 0 Å². The molecule has 0 unspecified atom stereocenters. The van der Waals surface area contributed by atoms with E-state index in [9.17, 15) is 18.6 Å². The molecule has 2 aliphatic rings. The fraction of sp³-hybridized carbons (Fsp3) is 0.640. The van der Waals surface area contributed by atoms with E-state index in [1.165, 1.54) is 6.42 Å². The molecule has 0 radical (unpaired) electrons. The summed E-state index contributed by atoms with van der Waals surface area (Å²) in [6, 6.07) is 6.90. The fourth-order valence-corrected chi connectivity index (χ4v) is 5.75. The second-order valence-corrected chi connectivity index (χ2v) is 10.9. The number of benzene rings is 1. The van der Waals surface area contributed by atoms with Crippen molar-refractivity contribution in [2.75, 3.05) is 16.8 Å². The van der Waals surface area contributed by atoms with Crippen LogP contribution in [0.3, 0.4) is 0 Å². The Balaban J connectivity index is 1.57. The maximum Gasteiger partial charge on any atom is 0.242 e. The third-order valence-corrected chi connectivity index (χ3v) is 7.82. The molecule has 2 saturated carbocycles. The van der Waals surface area contributed by atoms with Crippen molar-refractivity contribution >= 4 is 34.2 Å². The van der Waals surface area contributed by atoms with E-state index in [1.54, 1.807) is 24.0 Å². The zero-order valence-electron chi connectivity index (χ0n) is 19.8. The van der Waals surface area contributed by atoms with Crippen LogP contribution in [-0.4, -0.2) is 56.5 Å². The number of amides is 3. The first-order chi connectivity index (χ1) is 15.8. The van der Waals surface area contributed by atoms with E-state index >= 15 is 0 Å². The number of carbonyl (C=O) groups is 3. The summed E-state index contributed by atoms with van der Waals surface area (Å²) >= 11 is 0. The molecule has 1 aromatic rings. The van der Waals surface area contributed by atoms with Gasteiger partial charge in [-0.2, -0.15) is 0 Å². The van der Waals surface area contributed by atoms with Crippen LogP contribution in [0.2, 0.25) is 0 Å². The molecule has 2 aliphatic carbocycles. The molecule has 3 amide bonds. The number of hydrogen-bond donors (Lipinski definition) is 2. The van der Waals surface area contributed by atoms with Crippen LogP contribution >= 0.6 is 0 Å². The molecule has 33 heavy (non-hydrogen) atoms. The molecule has 0 bridgehead atoms. The van der Waals surface area contributed by atoms with E-state index in [0.29, 0.717) is 5.69 Å². The summed E-state index contributed by atoms with van der Waals surface area (Å²) < 4.78 is 12.6. The van der Waals surface area contributed by atoms with Gasteiger partial charge in [-0.25, -0.2) is 0 Å². The standard InChI is InChI=1S/C25H37N3O4S/c1-18-12-14-21(15-13-18)26-23(29)16-33(32)17-24(30)28(22-10-6-7-11-22)19(2)25(31)27-20-8-4-3-5-9-20/h12-15,19-20,22H,3-11,16-17H2,1-2H3,(H,26,29)(H,27,31)/t19-,33-/m1/s1. The molecule has 0 aromatic heterocycles. The minimum Gasteiger partial charge on any atom is -0.352 e. The summed E-state index contributed by atoms with van der Waals surface area (Å²) in [5, 5.41) is 5.84. The Kier molecular flexibility index (Phi) is 9.47. The van der Waals surface area contributed by atoms with Crippen molar-refractivity contribution in [3.05, 3.63) is 29.8 Å². The summed E-state index contributed by atoms with van der Waals surface area (Å²) in [6.45, 7) is 3.72. The second kappa shape index (κ2) is 12.3. The van der Waals surface area contributed by atoms with E-state index in [2.05, 4.69) is 10.6 Å². The van der Waals surface area contributed by atoms with Crippen molar-refractivity contribution in [1.82, 2.24) is 10.2 Å². The first-order valence-corrected chi connectivity index (χ1v) is 13.7. The molecule has 2 atom stereocenters. The number of aryl methyl sites for hydroxylation is 1. The van der Waals surface area contributed by atoms with Crippen LogP contribution in [0.15, 0.2) is 24.3 Å². The summed E-state index contributed by atoms with van der Waals surface area (Å²) in [5.74, 6) is -1.33.